The first-order valence-corrected chi connectivity index (χ1v) is 9.76. The molecule has 0 bridgehead atoms. The first-order chi connectivity index (χ1) is 13.7. The third-order valence-electron chi connectivity index (χ3n) is 5.38. The highest BCUT2D eigenvalue weighted by Gasteiger charge is 2.30. The van der Waals surface area contributed by atoms with Crippen molar-refractivity contribution >= 4 is 0 Å². The molecule has 6 nitrogen and oxygen atoms in total. The molecule has 1 atom stereocenters. The Kier molecular flexibility index (Phi) is 5.73. The minimum absolute atomic E-state index is 0.00402. The molecule has 28 heavy (non-hydrogen) atoms. The lowest BCUT2D eigenvalue weighted by Crippen LogP contribution is -2.48. The van der Waals surface area contributed by atoms with Crippen LogP contribution in [0, 0.1) is 5.82 Å². The largest absolute Gasteiger partial charge is 0.301 e. The van der Waals surface area contributed by atoms with Crippen LogP contribution in [0.5, 0.6) is 0 Å². The monoisotopic (exact) mass is 380 g/mol. The lowest BCUT2D eigenvalue weighted by Gasteiger charge is -2.38. The van der Waals surface area contributed by atoms with E-state index in [1.54, 1.807) is 12.1 Å². The summed E-state index contributed by atoms with van der Waals surface area (Å²) in [7, 11) is 0. The number of tetrazole rings is 1. The Labute approximate surface area is 164 Å². The third-order valence-corrected chi connectivity index (χ3v) is 5.38. The van der Waals surface area contributed by atoms with E-state index in [0.29, 0.717) is 6.54 Å². The SMILES string of the molecule is CCN1CCN([C@@H](c2ccccc2)c2nnnn2Cc2ccc(F)cc2)CC1. The van der Waals surface area contributed by atoms with Crippen LogP contribution in [0.4, 0.5) is 4.39 Å². The zero-order valence-electron chi connectivity index (χ0n) is 16.1. The van der Waals surface area contributed by atoms with Crippen molar-refractivity contribution in [1.29, 1.82) is 0 Å². The van der Waals surface area contributed by atoms with Gasteiger partial charge in [-0.2, -0.15) is 0 Å². The van der Waals surface area contributed by atoms with Crippen molar-refractivity contribution in [2.75, 3.05) is 32.7 Å². The topological polar surface area (TPSA) is 50.1 Å². The van der Waals surface area contributed by atoms with Gasteiger partial charge in [0.05, 0.1) is 12.6 Å². The van der Waals surface area contributed by atoms with Gasteiger partial charge in [-0.3, -0.25) is 4.90 Å². The number of halogens is 1. The predicted molar refractivity (Wildman–Crippen MR) is 105 cm³/mol. The van der Waals surface area contributed by atoms with Crippen molar-refractivity contribution in [2.45, 2.75) is 19.5 Å². The Hall–Kier alpha value is -2.64. The van der Waals surface area contributed by atoms with E-state index >= 15 is 0 Å². The molecule has 1 aliphatic rings. The highest BCUT2D eigenvalue weighted by Crippen LogP contribution is 2.28. The van der Waals surface area contributed by atoms with Gasteiger partial charge in [0.25, 0.3) is 0 Å². The number of nitrogens with zero attached hydrogens (tertiary/aromatic N) is 6. The van der Waals surface area contributed by atoms with Gasteiger partial charge in [0.15, 0.2) is 5.82 Å². The quantitative estimate of drug-likeness (QED) is 0.658. The van der Waals surface area contributed by atoms with Gasteiger partial charge in [-0.05, 0) is 40.2 Å². The molecular formula is C21H25FN6. The first kappa shape index (κ1) is 18.7. The van der Waals surface area contributed by atoms with Crippen molar-refractivity contribution in [3.8, 4) is 0 Å². The van der Waals surface area contributed by atoms with Crippen LogP contribution in [0.25, 0.3) is 0 Å². The Morgan fingerprint density at radius 2 is 1.68 bits per heavy atom. The lowest BCUT2D eigenvalue weighted by molar-refractivity contribution is 0.108. The summed E-state index contributed by atoms with van der Waals surface area (Å²) in [5.74, 6) is 0.581. The lowest BCUT2D eigenvalue weighted by atomic mass is 10.0. The molecule has 1 aliphatic heterocycles. The van der Waals surface area contributed by atoms with Crippen LogP contribution >= 0.6 is 0 Å². The number of rotatable bonds is 6. The van der Waals surface area contributed by atoms with Gasteiger partial charge in [-0.1, -0.05) is 49.4 Å². The third kappa shape index (κ3) is 4.10. The number of benzene rings is 2. The maximum Gasteiger partial charge on any atom is 0.173 e. The van der Waals surface area contributed by atoms with Crippen molar-refractivity contribution in [1.82, 2.24) is 30.0 Å². The predicted octanol–water partition coefficient (Wildman–Crippen LogP) is 2.59. The summed E-state index contributed by atoms with van der Waals surface area (Å²) in [5.41, 5.74) is 2.15. The highest BCUT2D eigenvalue weighted by molar-refractivity contribution is 5.25. The van der Waals surface area contributed by atoms with E-state index in [-0.39, 0.29) is 11.9 Å². The maximum atomic E-state index is 13.2. The molecule has 1 fully saturated rings. The molecule has 2 heterocycles. The second-order valence-corrected chi connectivity index (χ2v) is 7.10. The zero-order chi connectivity index (χ0) is 19.3. The second-order valence-electron chi connectivity index (χ2n) is 7.10. The fraction of sp³-hybridized carbons (Fsp3) is 0.381. The maximum absolute atomic E-state index is 13.2. The molecule has 0 unspecified atom stereocenters. The summed E-state index contributed by atoms with van der Waals surface area (Å²) in [6.45, 7) is 7.81. The molecule has 3 aromatic rings. The van der Waals surface area contributed by atoms with Crippen LogP contribution in [0.2, 0.25) is 0 Å². The fourth-order valence-electron chi connectivity index (χ4n) is 3.78. The average molecular weight is 380 g/mol. The van der Waals surface area contributed by atoms with E-state index in [4.69, 9.17) is 0 Å². The van der Waals surface area contributed by atoms with Gasteiger partial charge in [0, 0.05) is 26.2 Å². The van der Waals surface area contributed by atoms with E-state index in [1.807, 2.05) is 10.7 Å². The Morgan fingerprint density at radius 1 is 0.964 bits per heavy atom. The Balaban J connectivity index is 1.64. The minimum atomic E-state index is -0.239. The van der Waals surface area contributed by atoms with Crippen molar-refractivity contribution < 1.29 is 4.39 Å². The Bertz CT molecular complexity index is 871. The number of aromatic nitrogens is 4. The van der Waals surface area contributed by atoms with Crippen LogP contribution in [0.1, 0.15) is 29.9 Å². The molecular weight excluding hydrogens is 355 g/mol. The molecule has 0 aliphatic carbocycles. The molecule has 0 spiro atoms. The van der Waals surface area contributed by atoms with Crippen LogP contribution < -0.4 is 0 Å². The van der Waals surface area contributed by atoms with E-state index in [1.165, 1.54) is 17.7 Å². The summed E-state index contributed by atoms with van der Waals surface area (Å²) in [5, 5.41) is 12.6. The zero-order valence-corrected chi connectivity index (χ0v) is 16.1. The second kappa shape index (κ2) is 8.58. The number of likely N-dealkylation sites (N-methyl/N-ethyl adjacent to an activating group) is 1. The van der Waals surface area contributed by atoms with Gasteiger partial charge in [-0.15, -0.1) is 5.10 Å². The summed E-state index contributed by atoms with van der Waals surface area (Å²) >= 11 is 0. The van der Waals surface area contributed by atoms with Gasteiger partial charge < -0.3 is 4.90 Å². The van der Waals surface area contributed by atoms with Gasteiger partial charge in [0.1, 0.15) is 5.82 Å². The molecule has 0 N–H and O–H groups in total. The van der Waals surface area contributed by atoms with Gasteiger partial charge in [0.2, 0.25) is 0 Å². The molecule has 0 radical (unpaired) electrons. The number of hydrogen-bond acceptors (Lipinski definition) is 5. The molecule has 1 aromatic heterocycles. The summed E-state index contributed by atoms with van der Waals surface area (Å²) in [6.07, 6.45) is 0. The van der Waals surface area contributed by atoms with Gasteiger partial charge >= 0.3 is 0 Å². The summed E-state index contributed by atoms with van der Waals surface area (Å²) < 4.78 is 15.1. The average Bonchev–Trinajstić information content (AvgIpc) is 3.19. The standard InChI is InChI=1S/C21H25FN6/c1-2-26-12-14-27(15-13-26)20(18-6-4-3-5-7-18)21-23-24-25-28(21)16-17-8-10-19(22)11-9-17/h3-11,20H,2,12-16H2,1H3/t20-/m0/s1. The van der Waals surface area contributed by atoms with E-state index in [9.17, 15) is 4.39 Å². The molecule has 0 amide bonds. The van der Waals surface area contributed by atoms with Crippen molar-refractivity contribution in [3.63, 3.8) is 0 Å². The van der Waals surface area contributed by atoms with Crippen LogP contribution in [0.3, 0.4) is 0 Å². The molecule has 4 rings (SSSR count). The summed E-state index contributed by atoms with van der Waals surface area (Å²) in [4.78, 5) is 4.91. The molecule has 2 aromatic carbocycles. The smallest absolute Gasteiger partial charge is 0.173 e. The molecule has 7 heteroatoms. The number of hydrogen-bond donors (Lipinski definition) is 0. The van der Waals surface area contributed by atoms with Crippen LogP contribution in [0.15, 0.2) is 54.6 Å². The normalized spacial score (nSPS) is 16.9. The van der Waals surface area contributed by atoms with E-state index < -0.39 is 0 Å². The molecule has 0 saturated carbocycles. The molecule has 146 valence electrons. The first-order valence-electron chi connectivity index (χ1n) is 9.76. The fourth-order valence-corrected chi connectivity index (χ4v) is 3.78. The Morgan fingerprint density at radius 3 is 2.36 bits per heavy atom. The van der Waals surface area contributed by atoms with Crippen LogP contribution in [-0.4, -0.2) is 62.7 Å². The van der Waals surface area contributed by atoms with Crippen LogP contribution in [-0.2, 0) is 6.54 Å². The van der Waals surface area contributed by atoms with E-state index in [0.717, 1.165) is 44.1 Å². The summed E-state index contributed by atoms with van der Waals surface area (Å²) in [6, 6.07) is 16.9. The van der Waals surface area contributed by atoms with E-state index in [2.05, 4.69) is 56.5 Å². The van der Waals surface area contributed by atoms with Crippen molar-refractivity contribution in [2.24, 2.45) is 0 Å². The van der Waals surface area contributed by atoms with Crippen molar-refractivity contribution in [3.05, 3.63) is 77.4 Å². The minimum Gasteiger partial charge on any atom is -0.301 e. The van der Waals surface area contributed by atoms with Gasteiger partial charge in [-0.25, -0.2) is 9.07 Å². The number of piperazine rings is 1. The molecule has 1 saturated heterocycles. The highest BCUT2D eigenvalue weighted by atomic mass is 19.1.